The summed E-state index contributed by atoms with van der Waals surface area (Å²) in [5.41, 5.74) is 0.699. The highest BCUT2D eigenvalue weighted by Crippen LogP contribution is 2.31. The second-order valence-corrected chi connectivity index (χ2v) is 7.16. The average Bonchev–Trinajstić information content (AvgIpc) is 3.14. The first-order valence-corrected chi connectivity index (χ1v) is 9.90. The topological polar surface area (TPSA) is 52.1 Å². The number of benzene rings is 1. The lowest BCUT2D eigenvalue weighted by atomic mass is 10.2. The number of likely N-dealkylation sites (N-methyl/N-ethyl adjacent to an activating group) is 1. The maximum atomic E-state index is 12.6. The van der Waals surface area contributed by atoms with Gasteiger partial charge in [0.05, 0.1) is 5.69 Å². The molecule has 2 N–H and O–H groups in total. The second kappa shape index (κ2) is 11.0. The van der Waals surface area contributed by atoms with Crippen molar-refractivity contribution in [2.45, 2.75) is 45.4 Å². The van der Waals surface area contributed by atoms with Crippen LogP contribution >= 0.6 is 0 Å². The van der Waals surface area contributed by atoms with Crippen LogP contribution in [-0.4, -0.2) is 69.8 Å². The zero-order valence-electron chi connectivity index (χ0n) is 17.3. The van der Waals surface area contributed by atoms with Crippen molar-refractivity contribution in [3.63, 3.8) is 0 Å². The lowest BCUT2D eigenvalue weighted by molar-refractivity contribution is -0.0495. The predicted octanol–water partition coefficient (Wildman–Crippen LogP) is 2.76. The van der Waals surface area contributed by atoms with E-state index in [0.717, 1.165) is 38.4 Å². The third-order valence-electron chi connectivity index (χ3n) is 5.27. The standard InChI is InChI=1S/C20H33F2N5O/c1-5-15(2)26(4)13-11-24-20(23-3)25-16-10-12-27(14-16)17-8-6-7-9-18(17)28-19(21)22/h6-9,15-16,19H,5,10-14H2,1-4H3,(H2,23,24,25). The van der Waals surface area contributed by atoms with Crippen molar-refractivity contribution < 1.29 is 13.5 Å². The molecule has 158 valence electrons. The molecule has 0 aliphatic carbocycles. The molecule has 2 atom stereocenters. The average molecular weight is 398 g/mol. The number of alkyl halides is 2. The minimum absolute atomic E-state index is 0.193. The predicted molar refractivity (Wildman–Crippen MR) is 111 cm³/mol. The molecule has 0 amide bonds. The van der Waals surface area contributed by atoms with E-state index in [1.807, 2.05) is 12.1 Å². The molecule has 6 nitrogen and oxygen atoms in total. The van der Waals surface area contributed by atoms with Gasteiger partial charge in [0, 0.05) is 45.3 Å². The van der Waals surface area contributed by atoms with Crippen LogP contribution in [0.15, 0.2) is 29.3 Å². The molecule has 28 heavy (non-hydrogen) atoms. The van der Waals surface area contributed by atoms with Gasteiger partial charge in [0.2, 0.25) is 0 Å². The molecule has 0 saturated carbocycles. The van der Waals surface area contributed by atoms with Crippen LogP contribution in [0.1, 0.15) is 26.7 Å². The first-order valence-electron chi connectivity index (χ1n) is 9.90. The van der Waals surface area contributed by atoms with Crippen LogP contribution in [0.4, 0.5) is 14.5 Å². The zero-order chi connectivity index (χ0) is 20.5. The number of para-hydroxylation sites is 2. The molecule has 0 spiro atoms. The van der Waals surface area contributed by atoms with E-state index in [9.17, 15) is 8.78 Å². The first kappa shape index (κ1) is 22.2. The van der Waals surface area contributed by atoms with Crippen molar-refractivity contribution in [2.75, 3.05) is 45.2 Å². The maximum Gasteiger partial charge on any atom is 0.387 e. The Morgan fingerprint density at radius 1 is 1.39 bits per heavy atom. The van der Waals surface area contributed by atoms with E-state index >= 15 is 0 Å². The molecule has 1 aliphatic rings. The summed E-state index contributed by atoms with van der Waals surface area (Å²) in [5, 5.41) is 6.79. The van der Waals surface area contributed by atoms with Crippen LogP contribution in [0.3, 0.4) is 0 Å². The van der Waals surface area contributed by atoms with Gasteiger partial charge < -0.3 is 25.2 Å². The molecule has 1 heterocycles. The number of nitrogens with zero attached hydrogens (tertiary/aromatic N) is 3. The molecule has 1 saturated heterocycles. The van der Waals surface area contributed by atoms with E-state index in [0.29, 0.717) is 18.3 Å². The molecule has 8 heteroatoms. The van der Waals surface area contributed by atoms with Crippen molar-refractivity contribution in [3.8, 4) is 5.75 Å². The monoisotopic (exact) mass is 397 g/mol. The van der Waals surface area contributed by atoms with Crippen molar-refractivity contribution in [1.29, 1.82) is 0 Å². The summed E-state index contributed by atoms with van der Waals surface area (Å²) in [6.07, 6.45) is 2.02. The number of hydrogen-bond donors (Lipinski definition) is 2. The fraction of sp³-hybridized carbons (Fsp3) is 0.650. The smallest absolute Gasteiger partial charge is 0.387 e. The summed E-state index contributed by atoms with van der Waals surface area (Å²) in [4.78, 5) is 8.69. The van der Waals surface area contributed by atoms with Crippen LogP contribution in [0.5, 0.6) is 5.75 Å². The Kier molecular flexibility index (Phi) is 8.76. The molecule has 0 bridgehead atoms. The van der Waals surface area contributed by atoms with Crippen LogP contribution in [-0.2, 0) is 0 Å². The fourth-order valence-electron chi connectivity index (χ4n) is 3.28. The Bertz CT molecular complexity index is 628. The summed E-state index contributed by atoms with van der Waals surface area (Å²) < 4.78 is 30.0. The van der Waals surface area contributed by atoms with Gasteiger partial charge in [0.25, 0.3) is 0 Å². The molecule has 0 radical (unpaired) electrons. The van der Waals surface area contributed by atoms with Gasteiger partial charge >= 0.3 is 6.61 Å². The SMILES string of the molecule is CCC(C)N(C)CCNC(=NC)NC1CCN(c2ccccc2OC(F)F)C1. The van der Waals surface area contributed by atoms with E-state index in [2.05, 4.69) is 51.1 Å². The van der Waals surface area contributed by atoms with E-state index < -0.39 is 6.61 Å². The molecule has 1 aliphatic heterocycles. The van der Waals surface area contributed by atoms with Gasteiger partial charge in [-0.25, -0.2) is 0 Å². The van der Waals surface area contributed by atoms with Gasteiger partial charge in [-0.1, -0.05) is 19.1 Å². The Balaban J connectivity index is 1.85. The Hall–Kier alpha value is -2.09. The summed E-state index contributed by atoms with van der Waals surface area (Å²) >= 11 is 0. The summed E-state index contributed by atoms with van der Waals surface area (Å²) in [6, 6.07) is 7.68. The van der Waals surface area contributed by atoms with E-state index in [4.69, 9.17) is 0 Å². The van der Waals surface area contributed by atoms with Crippen LogP contribution < -0.4 is 20.3 Å². The van der Waals surface area contributed by atoms with E-state index in [1.165, 1.54) is 0 Å². The third kappa shape index (κ3) is 6.51. The molecule has 2 rings (SSSR count). The highest BCUT2D eigenvalue weighted by molar-refractivity contribution is 5.80. The molecule has 0 aromatic heterocycles. The minimum atomic E-state index is -2.82. The van der Waals surface area contributed by atoms with Gasteiger partial charge in [0.15, 0.2) is 5.96 Å². The molecule has 1 fully saturated rings. The van der Waals surface area contributed by atoms with Crippen LogP contribution in [0.2, 0.25) is 0 Å². The van der Waals surface area contributed by atoms with E-state index in [-0.39, 0.29) is 11.8 Å². The van der Waals surface area contributed by atoms with Crippen LogP contribution in [0, 0.1) is 0 Å². The lowest BCUT2D eigenvalue weighted by Gasteiger charge is -2.25. The normalized spacial score (nSPS) is 18.6. The molecule has 1 aromatic carbocycles. The lowest BCUT2D eigenvalue weighted by Crippen LogP contribution is -2.47. The Morgan fingerprint density at radius 2 is 2.14 bits per heavy atom. The summed E-state index contributed by atoms with van der Waals surface area (Å²) in [7, 11) is 3.88. The summed E-state index contributed by atoms with van der Waals surface area (Å²) in [6.45, 7) is 4.80. The summed E-state index contributed by atoms with van der Waals surface area (Å²) in [5.74, 6) is 0.982. The number of anilines is 1. The minimum Gasteiger partial charge on any atom is -0.433 e. The van der Waals surface area contributed by atoms with Gasteiger partial charge in [-0.3, -0.25) is 4.99 Å². The van der Waals surface area contributed by atoms with Crippen molar-refractivity contribution >= 4 is 11.6 Å². The first-order chi connectivity index (χ1) is 13.4. The quantitative estimate of drug-likeness (QED) is 0.496. The molecule has 2 unspecified atom stereocenters. The third-order valence-corrected chi connectivity index (χ3v) is 5.27. The Morgan fingerprint density at radius 3 is 2.82 bits per heavy atom. The van der Waals surface area contributed by atoms with Crippen molar-refractivity contribution in [1.82, 2.24) is 15.5 Å². The van der Waals surface area contributed by atoms with Crippen LogP contribution in [0.25, 0.3) is 0 Å². The van der Waals surface area contributed by atoms with E-state index in [1.54, 1.807) is 19.2 Å². The van der Waals surface area contributed by atoms with Gasteiger partial charge in [-0.15, -0.1) is 0 Å². The number of aliphatic imine (C=N–C) groups is 1. The Labute approximate surface area is 166 Å². The number of nitrogens with one attached hydrogen (secondary N) is 2. The number of halogens is 2. The zero-order valence-corrected chi connectivity index (χ0v) is 17.3. The molecular formula is C20H33F2N5O. The number of rotatable bonds is 9. The second-order valence-electron chi connectivity index (χ2n) is 7.16. The highest BCUT2D eigenvalue weighted by Gasteiger charge is 2.26. The molecular weight excluding hydrogens is 364 g/mol. The van der Waals surface area contributed by atoms with Gasteiger partial charge in [-0.05, 0) is 38.9 Å². The van der Waals surface area contributed by atoms with Gasteiger partial charge in [-0.2, -0.15) is 8.78 Å². The maximum absolute atomic E-state index is 12.6. The molecule has 1 aromatic rings. The number of hydrogen-bond acceptors (Lipinski definition) is 4. The van der Waals surface area contributed by atoms with Crippen molar-refractivity contribution in [3.05, 3.63) is 24.3 Å². The van der Waals surface area contributed by atoms with Gasteiger partial charge in [0.1, 0.15) is 5.75 Å². The number of guanidine groups is 1. The highest BCUT2D eigenvalue weighted by atomic mass is 19.3. The largest absolute Gasteiger partial charge is 0.433 e. The fourth-order valence-corrected chi connectivity index (χ4v) is 3.28. The number of ether oxygens (including phenoxy) is 1. The van der Waals surface area contributed by atoms with Crippen molar-refractivity contribution in [2.24, 2.45) is 4.99 Å².